The van der Waals surface area contributed by atoms with E-state index in [1.807, 2.05) is 42.4 Å². The molecule has 0 bridgehead atoms. The van der Waals surface area contributed by atoms with Crippen molar-refractivity contribution in [2.45, 2.75) is 19.4 Å². The first-order valence-corrected chi connectivity index (χ1v) is 4.81. The molecule has 1 unspecified atom stereocenters. The normalized spacial score (nSPS) is 21.9. The summed E-state index contributed by atoms with van der Waals surface area (Å²) in [5.74, 6) is 0.182. The third-order valence-corrected chi connectivity index (χ3v) is 2.59. The van der Waals surface area contributed by atoms with E-state index in [1.165, 1.54) is 0 Å². The second-order valence-electron chi connectivity index (χ2n) is 3.65. The van der Waals surface area contributed by atoms with Crippen LogP contribution in [0.4, 0.5) is 5.69 Å². The van der Waals surface area contributed by atoms with E-state index in [1.54, 1.807) is 5.01 Å². The van der Waals surface area contributed by atoms with Crippen molar-refractivity contribution in [2.75, 3.05) is 12.1 Å². The predicted octanol–water partition coefficient (Wildman–Crippen LogP) is 1.66. The molecule has 1 saturated heterocycles. The maximum atomic E-state index is 11.5. The summed E-state index contributed by atoms with van der Waals surface area (Å²) in [5.41, 5.74) is 1.08. The summed E-state index contributed by atoms with van der Waals surface area (Å²) in [5, 5.41) is 3.72. The minimum Gasteiger partial charge on any atom is -0.280 e. The zero-order valence-corrected chi connectivity index (χ0v) is 8.47. The fraction of sp³-hybridized carbons (Fsp3) is 0.364. The fourth-order valence-corrected chi connectivity index (χ4v) is 1.90. The summed E-state index contributed by atoms with van der Waals surface area (Å²) in [4.78, 5) is 11.5. The van der Waals surface area contributed by atoms with Crippen LogP contribution >= 0.6 is 0 Å². The van der Waals surface area contributed by atoms with Crippen molar-refractivity contribution in [2.24, 2.45) is 0 Å². The zero-order valence-electron chi connectivity index (χ0n) is 8.47. The summed E-state index contributed by atoms with van der Waals surface area (Å²) in [6, 6.07) is 10.2. The monoisotopic (exact) mass is 190 g/mol. The molecule has 1 amide bonds. The van der Waals surface area contributed by atoms with E-state index < -0.39 is 0 Å². The molecule has 3 heteroatoms. The fourth-order valence-electron chi connectivity index (χ4n) is 1.90. The molecule has 0 saturated carbocycles. The van der Waals surface area contributed by atoms with Gasteiger partial charge in [-0.2, -0.15) is 0 Å². The van der Waals surface area contributed by atoms with Crippen molar-refractivity contribution in [1.82, 2.24) is 5.01 Å². The zero-order chi connectivity index (χ0) is 10.1. The standard InChI is InChI=1S/C11H14N2O/c1-9-8-11(14)12(2)13(9)10-6-4-3-5-7-10/h3-7,9H,8H2,1-2H3. The molecule has 0 aromatic heterocycles. The summed E-state index contributed by atoms with van der Waals surface area (Å²) in [7, 11) is 1.82. The van der Waals surface area contributed by atoms with E-state index in [-0.39, 0.29) is 11.9 Å². The van der Waals surface area contributed by atoms with Gasteiger partial charge in [-0.3, -0.25) is 14.8 Å². The quantitative estimate of drug-likeness (QED) is 0.672. The Morgan fingerprint density at radius 3 is 2.43 bits per heavy atom. The summed E-state index contributed by atoms with van der Waals surface area (Å²) >= 11 is 0. The van der Waals surface area contributed by atoms with Crippen LogP contribution in [-0.4, -0.2) is 24.0 Å². The first-order valence-electron chi connectivity index (χ1n) is 4.81. The molecule has 1 heterocycles. The number of benzene rings is 1. The van der Waals surface area contributed by atoms with E-state index in [2.05, 4.69) is 6.92 Å². The molecule has 1 aliphatic rings. The number of hydrogen-bond acceptors (Lipinski definition) is 2. The van der Waals surface area contributed by atoms with Crippen molar-refractivity contribution in [3.8, 4) is 0 Å². The molecule has 0 spiro atoms. The number of amides is 1. The molecule has 0 N–H and O–H groups in total. The highest BCUT2D eigenvalue weighted by atomic mass is 16.2. The predicted molar refractivity (Wildman–Crippen MR) is 55.8 cm³/mol. The Labute approximate surface area is 83.9 Å². The van der Waals surface area contributed by atoms with E-state index in [9.17, 15) is 4.79 Å². The molecule has 2 rings (SSSR count). The maximum Gasteiger partial charge on any atom is 0.242 e. The summed E-state index contributed by atoms with van der Waals surface area (Å²) < 4.78 is 0. The average molecular weight is 190 g/mol. The molecule has 1 atom stereocenters. The molecule has 0 radical (unpaired) electrons. The van der Waals surface area contributed by atoms with Crippen molar-refractivity contribution >= 4 is 11.6 Å². The van der Waals surface area contributed by atoms with Gasteiger partial charge in [0.15, 0.2) is 0 Å². The van der Waals surface area contributed by atoms with Gasteiger partial charge in [0.05, 0.1) is 18.2 Å². The van der Waals surface area contributed by atoms with Crippen LogP contribution in [0.15, 0.2) is 30.3 Å². The van der Waals surface area contributed by atoms with Crippen molar-refractivity contribution in [3.63, 3.8) is 0 Å². The molecular formula is C11H14N2O. The molecule has 1 aromatic carbocycles. The number of anilines is 1. The lowest BCUT2D eigenvalue weighted by Crippen LogP contribution is -2.38. The highest BCUT2D eigenvalue weighted by molar-refractivity contribution is 5.82. The van der Waals surface area contributed by atoms with Gasteiger partial charge < -0.3 is 0 Å². The Bertz CT molecular complexity index is 336. The molecule has 0 aliphatic carbocycles. The van der Waals surface area contributed by atoms with E-state index in [0.29, 0.717) is 6.42 Å². The van der Waals surface area contributed by atoms with Gasteiger partial charge in [-0.25, -0.2) is 0 Å². The highest BCUT2D eigenvalue weighted by Crippen LogP contribution is 2.25. The van der Waals surface area contributed by atoms with E-state index in [4.69, 9.17) is 0 Å². The van der Waals surface area contributed by atoms with Crippen LogP contribution in [0.1, 0.15) is 13.3 Å². The van der Waals surface area contributed by atoms with Crippen LogP contribution in [0.3, 0.4) is 0 Å². The lowest BCUT2D eigenvalue weighted by molar-refractivity contribution is -0.126. The first kappa shape index (κ1) is 9.06. The van der Waals surface area contributed by atoms with E-state index in [0.717, 1.165) is 5.69 Å². The summed E-state index contributed by atoms with van der Waals surface area (Å²) in [6.45, 7) is 2.06. The molecule has 1 aliphatic heterocycles. The van der Waals surface area contributed by atoms with Crippen LogP contribution in [0.5, 0.6) is 0 Å². The Morgan fingerprint density at radius 1 is 1.29 bits per heavy atom. The lowest BCUT2D eigenvalue weighted by Gasteiger charge is -2.29. The number of hydrogen-bond donors (Lipinski definition) is 0. The minimum absolute atomic E-state index is 0.182. The van der Waals surface area contributed by atoms with Crippen LogP contribution in [0, 0.1) is 0 Å². The Morgan fingerprint density at radius 2 is 1.93 bits per heavy atom. The SMILES string of the molecule is CC1CC(=O)N(C)N1c1ccccc1. The largest absolute Gasteiger partial charge is 0.280 e. The van der Waals surface area contributed by atoms with Crippen molar-refractivity contribution < 1.29 is 4.79 Å². The van der Waals surface area contributed by atoms with Gasteiger partial charge in [-0.15, -0.1) is 0 Å². The van der Waals surface area contributed by atoms with Gasteiger partial charge in [-0.05, 0) is 19.1 Å². The number of carbonyl (C=O) groups is 1. The Balaban J connectivity index is 2.31. The van der Waals surface area contributed by atoms with Gasteiger partial charge in [0, 0.05) is 7.05 Å². The molecule has 14 heavy (non-hydrogen) atoms. The second-order valence-corrected chi connectivity index (χ2v) is 3.65. The van der Waals surface area contributed by atoms with Crippen LogP contribution in [0.2, 0.25) is 0 Å². The Hall–Kier alpha value is -1.51. The number of carbonyl (C=O) groups excluding carboxylic acids is 1. The molecule has 1 fully saturated rings. The number of rotatable bonds is 1. The van der Waals surface area contributed by atoms with Gasteiger partial charge in [0.25, 0.3) is 0 Å². The third-order valence-electron chi connectivity index (χ3n) is 2.59. The minimum atomic E-state index is 0.182. The number of hydrazine groups is 1. The smallest absolute Gasteiger partial charge is 0.242 e. The molecular weight excluding hydrogens is 176 g/mol. The van der Waals surface area contributed by atoms with Gasteiger partial charge >= 0.3 is 0 Å². The van der Waals surface area contributed by atoms with Gasteiger partial charge in [0.2, 0.25) is 5.91 Å². The van der Waals surface area contributed by atoms with Crippen molar-refractivity contribution in [3.05, 3.63) is 30.3 Å². The molecule has 3 nitrogen and oxygen atoms in total. The number of para-hydroxylation sites is 1. The van der Waals surface area contributed by atoms with Crippen LogP contribution < -0.4 is 5.01 Å². The molecule has 74 valence electrons. The van der Waals surface area contributed by atoms with Gasteiger partial charge in [0.1, 0.15) is 0 Å². The van der Waals surface area contributed by atoms with Crippen LogP contribution in [0.25, 0.3) is 0 Å². The van der Waals surface area contributed by atoms with Crippen LogP contribution in [-0.2, 0) is 4.79 Å². The highest BCUT2D eigenvalue weighted by Gasteiger charge is 2.32. The average Bonchev–Trinajstić information content (AvgIpc) is 2.43. The van der Waals surface area contributed by atoms with Crippen molar-refractivity contribution in [1.29, 1.82) is 0 Å². The second kappa shape index (κ2) is 3.33. The topological polar surface area (TPSA) is 23.6 Å². The summed E-state index contributed by atoms with van der Waals surface area (Å²) in [6.07, 6.45) is 0.603. The third kappa shape index (κ3) is 1.35. The maximum absolute atomic E-state index is 11.5. The Kier molecular flexibility index (Phi) is 2.15. The lowest BCUT2D eigenvalue weighted by atomic mass is 10.2. The molecule has 1 aromatic rings. The van der Waals surface area contributed by atoms with Gasteiger partial charge in [-0.1, -0.05) is 18.2 Å². The van der Waals surface area contributed by atoms with E-state index >= 15 is 0 Å². The first-order chi connectivity index (χ1) is 6.70. The number of nitrogens with zero attached hydrogens (tertiary/aromatic N) is 2.